The minimum absolute atomic E-state index is 0.0191. The number of ether oxygens (including phenoxy) is 6. The number of carbonyl (C=O) groups is 5. The van der Waals surface area contributed by atoms with E-state index in [1.54, 1.807) is 6.07 Å². The molecule has 2 aliphatic carbocycles. The van der Waals surface area contributed by atoms with Crippen LogP contribution in [0.15, 0.2) is 81.5 Å². The summed E-state index contributed by atoms with van der Waals surface area (Å²) in [5.74, 6) is -7.20. The molecule has 14 N–H and O–H groups in total. The van der Waals surface area contributed by atoms with Crippen molar-refractivity contribution in [3.05, 3.63) is 83.8 Å². The number of hydrogen-bond donors (Lipinski definition) is 14. The number of aliphatic hydroxyl groups excluding tert-OH is 5. The third-order valence-electron chi connectivity index (χ3n) is 17.2. The van der Waals surface area contributed by atoms with E-state index < -0.39 is 213 Å². The van der Waals surface area contributed by atoms with Gasteiger partial charge in [0.25, 0.3) is 36.3 Å². The predicted octanol–water partition coefficient (Wildman–Crippen LogP) is -0.241. The highest BCUT2D eigenvalue weighted by Crippen LogP contribution is 2.40. The van der Waals surface area contributed by atoms with E-state index in [1.165, 1.54) is 42.1 Å². The van der Waals surface area contributed by atoms with Crippen molar-refractivity contribution in [3.8, 4) is 11.9 Å². The average Bonchev–Trinajstić information content (AvgIpc) is 0.833. The van der Waals surface area contributed by atoms with Gasteiger partial charge in [0, 0.05) is 48.5 Å². The molecule has 2 saturated heterocycles. The molecule has 2 aliphatic heterocycles. The Balaban J connectivity index is 0.942. The van der Waals surface area contributed by atoms with Crippen LogP contribution in [0.4, 0.5) is 5.69 Å². The number of aliphatic carboxylic acids is 1. The molecule has 0 spiro atoms. The number of aliphatic hydroxyl groups is 5. The molecule has 3 amide bonds. The predicted molar refractivity (Wildman–Crippen MR) is 329 cm³/mol. The van der Waals surface area contributed by atoms with E-state index in [0.717, 1.165) is 37.5 Å². The molecule has 39 heteroatoms. The Kier molecular flexibility index (Phi) is 24.2. The summed E-state index contributed by atoms with van der Waals surface area (Å²) in [6.45, 7) is 0.400. The van der Waals surface area contributed by atoms with Crippen LogP contribution >= 0.6 is 0 Å². The second-order valence-electron chi connectivity index (χ2n) is 24.1. The van der Waals surface area contributed by atoms with Crippen LogP contribution in [-0.2, 0) is 86.1 Å². The zero-order valence-electron chi connectivity index (χ0n) is 52.0. The smallest absolute Gasteiger partial charge is 0.338 e. The molecule has 3 aromatic carbocycles. The number of esters is 1. The molecular formula is C59H74N8O28S3. The molecule has 14 unspecified atom stereocenters. The van der Waals surface area contributed by atoms with E-state index in [2.05, 4.69) is 36.2 Å². The van der Waals surface area contributed by atoms with E-state index in [4.69, 9.17) is 28.4 Å². The minimum Gasteiger partial charge on any atom is -0.493 e. The Morgan fingerprint density at radius 3 is 2.14 bits per heavy atom. The van der Waals surface area contributed by atoms with Gasteiger partial charge in [-0.1, -0.05) is 55.5 Å². The summed E-state index contributed by atoms with van der Waals surface area (Å²) in [6.07, 6.45) is -17.9. The third kappa shape index (κ3) is 18.4. The van der Waals surface area contributed by atoms with Crippen LogP contribution in [0.5, 0.6) is 11.9 Å². The number of aryl methyl sites for hydroxylation is 2. The first kappa shape index (κ1) is 74.6. The molecule has 98 heavy (non-hydrogen) atoms. The minimum atomic E-state index is -5.40. The van der Waals surface area contributed by atoms with Gasteiger partial charge in [0.1, 0.15) is 58.2 Å². The quantitative estimate of drug-likeness (QED) is 0.0183. The lowest BCUT2D eigenvalue weighted by molar-refractivity contribution is -0.347. The first-order valence-corrected chi connectivity index (χ1v) is 35.3. The van der Waals surface area contributed by atoms with E-state index in [0.29, 0.717) is 30.7 Å². The van der Waals surface area contributed by atoms with Crippen LogP contribution < -0.4 is 16.0 Å². The van der Waals surface area contributed by atoms with Gasteiger partial charge in [-0.05, 0) is 87.8 Å². The zero-order valence-corrected chi connectivity index (χ0v) is 54.5. The van der Waals surface area contributed by atoms with Gasteiger partial charge in [0.05, 0.1) is 46.7 Å². The van der Waals surface area contributed by atoms with E-state index in [-0.39, 0.29) is 63.1 Å². The topological polar surface area (TPSA) is 558 Å². The summed E-state index contributed by atoms with van der Waals surface area (Å²) in [6, 6.07) is 8.20. The third-order valence-corrected chi connectivity index (χ3v) is 19.8. The van der Waals surface area contributed by atoms with Gasteiger partial charge in [-0.25, -0.2) is 9.59 Å². The number of fused-ring (bicyclic) bond motifs is 1. The van der Waals surface area contributed by atoms with Crippen LogP contribution in [0, 0.1) is 11.8 Å². The molecule has 2 aromatic heterocycles. The number of aromatic nitrogens is 5. The number of nitrogens with zero attached hydrogens (tertiary/aromatic N) is 5. The van der Waals surface area contributed by atoms with Gasteiger partial charge < -0.3 is 85.2 Å². The lowest BCUT2D eigenvalue weighted by Gasteiger charge is -2.48. The number of hydrogen-bond acceptors (Lipinski definition) is 28. The Labute approximate surface area is 558 Å². The normalized spacial score (nSPS) is 26.8. The molecule has 0 bridgehead atoms. The second kappa shape index (κ2) is 31.7. The molecule has 4 fully saturated rings. The van der Waals surface area contributed by atoms with Crippen molar-refractivity contribution < 1.29 is 132 Å². The summed E-state index contributed by atoms with van der Waals surface area (Å²) in [5, 5.41) is 101. The van der Waals surface area contributed by atoms with Crippen molar-refractivity contribution in [2.45, 2.75) is 191 Å². The second-order valence-corrected chi connectivity index (χ2v) is 28.3. The first-order chi connectivity index (χ1) is 46.3. The van der Waals surface area contributed by atoms with E-state index >= 15 is 0 Å². The summed E-state index contributed by atoms with van der Waals surface area (Å²) in [4.78, 5) is 72.8. The van der Waals surface area contributed by atoms with Crippen LogP contribution in [0.25, 0.3) is 10.8 Å². The fraction of sp³-hybridized carbons (Fsp3) is 0.542. The standard InChI is InChI=1S/C59H74N8O28S3/c1-28-46(71)48(73)49(74)57(90-28)95-50-36(62-54(76)37-25-44(70)64-59(80)63-37)21-31(22-38(50)92-58-52(94-56(79)30-12-6-3-7-13-30)51(47(72)40(27-68)93-58)91-39(55(77)78)20-29-10-4-2-5-11-29)53(75)60-18-8-14-32-26-67(66-65-32)19-9-15-43(69)61-35-16-17-41(97(84,85)86)34-23-33(96(81,82)83)24-42(45(34)35)98(87,88)89/h3,6-7,12-13,16-17,23-26,28-29,31,36,38-40,46-52,57-58,68,71-74H,2,4-5,8-11,14-15,18-22,27H2,1H3,(H,60,75)(H,61,69)(H,62,76)(H,77,78)(H,81,82,83)(H,84,85,86)(H,87,88,89)(H2,63,64,70,80)/t28?,31?,36?,38?,39-,40?,46?,47?,48?,49?,50?,51?,52?,57?,58?/m0/s1. The molecule has 4 aliphatic rings. The lowest BCUT2D eigenvalue weighted by atomic mass is 9.80. The molecule has 5 aromatic rings. The van der Waals surface area contributed by atoms with Gasteiger partial charge in [-0.15, -0.1) is 5.10 Å². The van der Waals surface area contributed by atoms with Crippen LogP contribution in [-0.4, -0.2) is 233 Å². The Morgan fingerprint density at radius 2 is 1.48 bits per heavy atom. The fourth-order valence-electron chi connectivity index (χ4n) is 12.3. The van der Waals surface area contributed by atoms with Gasteiger partial charge in [-0.2, -0.15) is 35.2 Å². The lowest BCUT2D eigenvalue weighted by Crippen LogP contribution is -2.65. The Morgan fingerprint density at radius 1 is 0.765 bits per heavy atom. The highest BCUT2D eigenvalue weighted by atomic mass is 32.2. The highest BCUT2D eigenvalue weighted by molar-refractivity contribution is 7.87. The van der Waals surface area contributed by atoms with Gasteiger partial charge in [-0.3, -0.25) is 32.7 Å². The maximum absolute atomic E-state index is 14.6. The number of carboxylic acid groups (broad SMARTS) is 1. The number of anilines is 1. The number of carboxylic acids is 1. The molecule has 4 heterocycles. The number of benzene rings is 3. The molecule has 2 saturated carbocycles. The number of carbonyl (C=O) groups excluding carboxylic acids is 4. The summed E-state index contributed by atoms with van der Waals surface area (Å²) < 4.78 is 142. The van der Waals surface area contributed by atoms with E-state index in [9.17, 15) is 104 Å². The van der Waals surface area contributed by atoms with Crippen LogP contribution in [0.3, 0.4) is 0 Å². The average molecular weight is 1440 g/mol. The first-order valence-electron chi connectivity index (χ1n) is 30.9. The summed E-state index contributed by atoms with van der Waals surface area (Å²) >= 11 is 0. The van der Waals surface area contributed by atoms with Crippen molar-refractivity contribution in [1.29, 1.82) is 0 Å². The number of nitrogens with one attached hydrogen (secondary N) is 3. The van der Waals surface area contributed by atoms with Gasteiger partial charge >= 0.3 is 17.9 Å². The summed E-state index contributed by atoms with van der Waals surface area (Å²) in [5.41, 5.74) is -0.665. The SMILES string of the molecule is CC1OC(OC2C(NC(=O)c3cc(O)nc(O)n3)CC(C(=O)NCCCc3cn(CCCC(=O)Nc4ccc(S(=O)(=O)O)c5cc(S(=O)(=O)O)cc(S(=O)(=O)O)c45)nn3)CC2OC2OC(CO)C(O)C(O[C@@H](CC3CCCCC3)C(=O)O)C2OC(=O)c2ccccc2)C(O)C(O)C1O. The summed E-state index contributed by atoms with van der Waals surface area (Å²) in [7, 11) is -15.8. The molecule has 9 rings (SSSR count). The van der Waals surface area contributed by atoms with Crippen LogP contribution in [0.1, 0.15) is 104 Å². The van der Waals surface area contributed by atoms with E-state index in [1.807, 2.05) is 0 Å². The maximum Gasteiger partial charge on any atom is 0.338 e. The molecule has 536 valence electrons. The molecular weight excluding hydrogens is 1360 g/mol. The number of rotatable bonds is 27. The van der Waals surface area contributed by atoms with Crippen molar-refractivity contribution >= 4 is 76.5 Å². The van der Waals surface area contributed by atoms with Gasteiger partial charge in [0.2, 0.25) is 17.7 Å². The largest absolute Gasteiger partial charge is 0.493 e. The Hall–Kier alpha value is -7.58. The fourth-order valence-corrected chi connectivity index (χ4v) is 14.4. The Bertz CT molecular complexity index is 4030. The monoisotopic (exact) mass is 1440 g/mol. The molecule has 36 nitrogen and oxygen atoms in total. The highest BCUT2D eigenvalue weighted by Gasteiger charge is 2.55. The molecule has 0 radical (unpaired) electrons. The number of aromatic hydroxyl groups is 2. The molecule has 15 atom stereocenters. The van der Waals surface area contributed by atoms with Crippen LogP contribution in [0.2, 0.25) is 0 Å². The maximum atomic E-state index is 14.6. The van der Waals surface area contributed by atoms with Gasteiger partial charge in [0.15, 0.2) is 24.8 Å². The van der Waals surface area contributed by atoms with Crippen molar-refractivity contribution in [2.24, 2.45) is 11.8 Å². The van der Waals surface area contributed by atoms with Crippen molar-refractivity contribution in [3.63, 3.8) is 0 Å². The van der Waals surface area contributed by atoms with Crippen molar-refractivity contribution in [2.75, 3.05) is 18.5 Å². The van der Waals surface area contributed by atoms with Crippen molar-refractivity contribution in [1.82, 2.24) is 35.6 Å². The zero-order chi connectivity index (χ0) is 71.1. The number of amides is 3.